The van der Waals surface area contributed by atoms with E-state index < -0.39 is 6.10 Å². The van der Waals surface area contributed by atoms with Crippen LogP contribution in [0, 0.1) is 0 Å². The summed E-state index contributed by atoms with van der Waals surface area (Å²) < 4.78 is 10.4. The Morgan fingerprint density at radius 2 is 2.00 bits per heavy atom. The average molecular weight is 245 g/mol. The van der Waals surface area contributed by atoms with E-state index in [0.717, 1.165) is 5.56 Å². The molecule has 1 aromatic heterocycles. The van der Waals surface area contributed by atoms with Crippen molar-refractivity contribution in [2.45, 2.75) is 6.10 Å². The molecule has 0 spiro atoms. The van der Waals surface area contributed by atoms with Crippen LogP contribution in [0.3, 0.4) is 0 Å². The quantitative estimate of drug-likeness (QED) is 0.897. The minimum Gasteiger partial charge on any atom is -0.497 e. The highest BCUT2D eigenvalue weighted by Gasteiger charge is 2.16. The van der Waals surface area contributed by atoms with Crippen molar-refractivity contribution in [2.24, 2.45) is 0 Å². The zero-order chi connectivity index (χ0) is 13.0. The van der Waals surface area contributed by atoms with Crippen LogP contribution in [-0.4, -0.2) is 24.3 Å². The molecule has 0 amide bonds. The van der Waals surface area contributed by atoms with Gasteiger partial charge in [-0.05, 0) is 18.2 Å². The summed E-state index contributed by atoms with van der Waals surface area (Å²) in [5, 5.41) is 10.3. The number of hydrogen-bond donors (Lipinski definition) is 1. The van der Waals surface area contributed by atoms with Gasteiger partial charge in [-0.1, -0.05) is 6.07 Å². The Balaban J connectivity index is 2.38. The smallest absolute Gasteiger partial charge is 0.128 e. The third kappa shape index (κ3) is 2.43. The standard InChI is InChI=1S/C14H15NO3/c1-17-11-5-6-12(13(8-11)18-2)14(16)10-4-3-7-15-9-10/h3-9,14,16H,1-2H3. The second-order valence-electron chi connectivity index (χ2n) is 3.80. The first-order valence-electron chi connectivity index (χ1n) is 5.56. The zero-order valence-corrected chi connectivity index (χ0v) is 10.3. The summed E-state index contributed by atoms with van der Waals surface area (Å²) >= 11 is 0. The average Bonchev–Trinajstić information content (AvgIpc) is 2.46. The first-order valence-corrected chi connectivity index (χ1v) is 5.56. The summed E-state index contributed by atoms with van der Waals surface area (Å²) in [6.07, 6.45) is 2.54. The van der Waals surface area contributed by atoms with Gasteiger partial charge in [-0.3, -0.25) is 4.98 Å². The molecule has 1 atom stereocenters. The third-order valence-corrected chi connectivity index (χ3v) is 2.74. The van der Waals surface area contributed by atoms with Crippen molar-refractivity contribution in [3.8, 4) is 11.5 Å². The fourth-order valence-electron chi connectivity index (χ4n) is 1.76. The number of ether oxygens (including phenoxy) is 2. The molecule has 94 valence electrons. The lowest BCUT2D eigenvalue weighted by Crippen LogP contribution is -2.03. The maximum atomic E-state index is 10.3. The molecule has 0 saturated heterocycles. The highest BCUT2D eigenvalue weighted by molar-refractivity contribution is 5.44. The topological polar surface area (TPSA) is 51.6 Å². The molecule has 4 nitrogen and oxygen atoms in total. The number of benzene rings is 1. The van der Waals surface area contributed by atoms with E-state index in [1.807, 2.05) is 6.07 Å². The van der Waals surface area contributed by atoms with E-state index >= 15 is 0 Å². The fraction of sp³-hybridized carbons (Fsp3) is 0.214. The molecule has 0 aliphatic rings. The van der Waals surface area contributed by atoms with Crippen LogP contribution in [0.15, 0.2) is 42.7 Å². The predicted molar refractivity (Wildman–Crippen MR) is 67.8 cm³/mol. The van der Waals surface area contributed by atoms with Crippen LogP contribution in [0.5, 0.6) is 11.5 Å². The van der Waals surface area contributed by atoms with Crippen molar-refractivity contribution < 1.29 is 14.6 Å². The summed E-state index contributed by atoms with van der Waals surface area (Å²) in [4.78, 5) is 3.99. The number of methoxy groups -OCH3 is 2. The van der Waals surface area contributed by atoms with Gasteiger partial charge in [0, 0.05) is 29.6 Å². The highest BCUT2D eigenvalue weighted by Crippen LogP contribution is 2.32. The lowest BCUT2D eigenvalue weighted by molar-refractivity contribution is 0.214. The number of aromatic nitrogens is 1. The Kier molecular flexibility index (Phi) is 3.79. The molecule has 0 aliphatic carbocycles. The maximum Gasteiger partial charge on any atom is 0.128 e. The SMILES string of the molecule is COc1ccc(C(O)c2cccnc2)c(OC)c1. The van der Waals surface area contributed by atoms with Gasteiger partial charge in [0.2, 0.25) is 0 Å². The second-order valence-corrected chi connectivity index (χ2v) is 3.80. The number of aliphatic hydroxyl groups is 1. The van der Waals surface area contributed by atoms with Crippen LogP contribution < -0.4 is 9.47 Å². The minimum atomic E-state index is -0.764. The van der Waals surface area contributed by atoms with E-state index in [2.05, 4.69) is 4.98 Å². The molecule has 1 aromatic carbocycles. The molecular weight excluding hydrogens is 230 g/mol. The highest BCUT2D eigenvalue weighted by atomic mass is 16.5. The second kappa shape index (κ2) is 5.51. The first-order chi connectivity index (χ1) is 8.76. The monoisotopic (exact) mass is 245 g/mol. The van der Waals surface area contributed by atoms with Crippen molar-refractivity contribution in [3.05, 3.63) is 53.9 Å². The Hall–Kier alpha value is -2.07. The Morgan fingerprint density at radius 3 is 2.61 bits per heavy atom. The number of aliphatic hydroxyl groups excluding tert-OH is 1. The number of pyridine rings is 1. The Morgan fingerprint density at radius 1 is 1.17 bits per heavy atom. The van der Waals surface area contributed by atoms with Gasteiger partial charge in [-0.15, -0.1) is 0 Å². The lowest BCUT2D eigenvalue weighted by atomic mass is 10.0. The normalized spacial score (nSPS) is 11.9. The Labute approximate surface area is 106 Å². The molecule has 4 heteroatoms. The summed E-state index contributed by atoms with van der Waals surface area (Å²) in [6.45, 7) is 0. The molecule has 0 fully saturated rings. The molecule has 0 radical (unpaired) electrons. The van der Waals surface area contributed by atoms with Gasteiger partial charge < -0.3 is 14.6 Å². The van der Waals surface area contributed by atoms with Crippen LogP contribution >= 0.6 is 0 Å². The number of hydrogen-bond acceptors (Lipinski definition) is 4. The maximum absolute atomic E-state index is 10.3. The van der Waals surface area contributed by atoms with E-state index in [4.69, 9.17) is 9.47 Å². The summed E-state index contributed by atoms with van der Waals surface area (Å²) in [5.74, 6) is 1.28. The van der Waals surface area contributed by atoms with Crippen LogP contribution in [0.2, 0.25) is 0 Å². The molecule has 2 aromatic rings. The van der Waals surface area contributed by atoms with Gasteiger partial charge in [-0.2, -0.15) is 0 Å². The van der Waals surface area contributed by atoms with Gasteiger partial charge in [0.1, 0.15) is 17.6 Å². The molecular formula is C14H15NO3. The van der Waals surface area contributed by atoms with E-state index in [9.17, 15) is 5.11 Å². The van der Waals surface area contributed by atoms with Gasteiger partial charge in [-0.25, -0.2) is 0 Å². The molecule has 1 N–H and O–H groups in total. The summed E-state index contributed by atoms with van der Waals surface area (Å²) in [6, 6.07) is 8.93. The first kappa shape index (κ1) is 12.4. The van der Waals surface area contributed by atoms with E-state index in [1.165, 1.54) is 0 Å². The summed E-state index contributed by atoms with van der Waals surface area (Å²) in [5.41, 5.74) is 1.41. The fourth-order valence-corrected chi connectivity index (χ4v) is 1.76. The predicted octanol–water partition coefficient (Wildman–Crippen LogP) is 2.18. The molecule has 0 aliphatic heterocycles. The van der Waals surface area contributed by atoms with Crippen LogP contribution in [-0.2, 0) is 0 Å². The van der Waals surface area contributed by atoms with E-state index in [0.29, 0.717) is 17.1 Å². The van der Waals surface area contributed by atoms with Gasteiger partial charge in [0.25, 0.3) is 0 Å². The zero-order valence-electron chi connectivity index (χ0n) is 10.3. The van der Waals surface area contributed by atoms with Crippen molar-refractivity contribution in [1.82, 2.24) is 4.98 Å². The molecule has 18 heavy (non-hydrogen) atoms. The summed E-state index contributed by atoms with van der Waals surface area (Å²) in [7, 11) is 3.15. The Bertz CT molecular complexity index is 514. The van der Waals surface area contributed by atoms with Gasteiger partial charge in [0.15, 0.2) is 0 Å². The molecule has 1 unspecified atom stereocenters. The lowest BCUT2D eigenvalue weighted by Gasteiger charge is -2.15. The van der Waals surface area contributed by atoms with Crippen LogP contribution in [0.25, 0.3) is 0 Å². The molecule has 2 rings (SSSR count). The van der Waals surface area contributed by atoms with Crippen LogP contribution in [0.4, 0.5) is 0 Å². The molecule has 0 bridgehead atoms. The van der Waals surface area contributed by atoms with E-state index in [1.54, 1.807) is 50.9 Å². The number of nitrogens with zero attached hydrogens (tertiary/aromatic N) is 1. The van der Waals surface area contributed by atoms with Crippen molar-refractivity contribution >= 4 is 0 Å². The number of rotatable bonds is 4. The van der Waals surface area contributed by atoms with Crippen molar-refractivity contribution in [1.29, 1.82) is 0 Å². The van der Waals surface area contributed by atoms with Gasteiger partial charge >= 0.3 is 0 Å². The minimum absolute atomic E-state index is 0.589. The largest absolute Gasteiger partial charge is 0.497 e. The third-order valence-electron chi connectivity index (χ3n) is 2.74. The molecule has 1 heterocycles. The molecule has 0 saturated carbocycles. The van der Waals surface area contributed by atoms with Crippen LogP contribution in [0.1, 0.15) is 17.2 Å². The van der Waals surface area contributed by atoms with E-state index in [-0.39, 0.29) is 0 Å². The van der Waals surface area contributed by atoms with Crippen molar-refractivity contribution in [3.63, 3.8) is 0 Å². The van der Waals surface area contributed by atoms with Gasteiger partial charge in [0.05, 0.1) is 14.2 Å². The van der Waals surface area contributed by atoms with Crippen molar-refractivity contribution in [2.75, 3.05) is 14.2 Å².